The molecule has 0 spiro atoms. The van der Waals surface area contributed by atoms with E-state index < -0.39 is 51.8 Å². The number of hydrogen-bond donors (Lipinski definition) is 0. The van der Waals surface area contributed by atoms with Crippen LogP contribution in [-0.2, 0) is 0 Å². The zero-order valence-corrected chi connectivity index (χ0v) is 16.5. The van der Waals surface area contributed by atoms with Gasteiger partial charge in [0, 0.05) is 5.56 Å². The maximum atomic E-state index is 14.9. The van der Waals surface area contributed by atoms with Crippen LogP contribution >= 0.6 is 0 Å². The van der Waals surface area contributed by atoms with E-state index in [4.69, 9.17) is 0 Å². The molecule has 0 fully saturated rings. The summed E-state index contributed by atoms with van der Waals surface area (Å²) in [6.07, 6.45) is 0. The molecule has 0 atom stereocenters. The molecule has 7 heteroatoms. The molecule has 5 aromatic carbocycles. The number of benzene rings is 5. The first-order chi connectivity index (χ1) is 15.8. The fraction of sp³-hybridized carbons (Fsp3) is 0. The molecule has 0 aliphatic carbocycles. The van der Waals surface area contributed by atoms with Gasteiger partial charge in [0.2, 0.25) is 5.82 Å². The quantitative estimate of drug-likeness (QED) is 0.108. The molecule has 0 unspecified atom stereocenters. The Balaban J connectivity index is 2.09. The lowest BCUT2D eigenvalue weighted by atomic mass is 9.85. The molecule has 0 aliphatic heterocycles. The molecule has 0 bridgehead atoms. The molecule has 0 nitrogen and oxygen atoms in total. The first-order valence-corrected chi connectivity index (χ1v) is 9.72. The number of halogens is 7. The van der Waals surface area contributed by atoms with Gasteiger partial charge in [0.25, 0.3) is 0 Å². The van der Waals surface area contributed by atoms with Gasteiger partial charge in [0.1, 0.15) is 0 Å². The Morgan fingerprint density at radius 3 is 1.33 bits per heavy atom. The van der Waals surface area contributed by atoms with Gasteiger partial charge in [-0.25, -0.2) is 30.7 Å². The minimum Gasteiger partial charge on any atom is -0.204 e. The molecular formula is C26H11F7. The van der Waals surface area contributed by atoms with Crippen LogP contribution in [0.2, 0.25) is 0 Å². The minimum atomic E-state index is -2.31. The van der Waals surface area contributed by atoms with Gasteiger partial charge in [-0.15, -0.1) is 0 Å². The molecule has 0 amide bonds. The van der Waals surface area contributed by atoms with Crippen molar-refractivity contribution >= 4 is 21.5 Å². The van der Waals surface area contributed by atoms with Crippen LogP contribution in [0.1, 0.15) is 0 Å². The van der Waals surface area contributed by atoms with Crippen LogP contribution in [-0.4, -0.2) is 0 Å². The van der Waals surface area contributed by atoms with E-state index in [1.165, 1.54) is 12.1 Å². The zero-order valence-electron chi connectivity index (χ0n) is 16.5. The molecule has 0 aliphatic rings. The Hall–Kier alpha value is -3.87. The average Bonchev–Trinajstić information content (AvgIpc) is 2.83. The fourth-order valence-electron chi connectivity index (χ4n) is 4.18. The van der Waals surface area contributed by atoms with Gasteiger partial charge < -0.3 is 0 Å². The summed E-state index contributed by atoms with van der Waals surface area (Å²) in [4.78, 5) is 0. The Morgan fingerprint density at radius 1 is 0.364 bits per heavy atom. The van der Waals surface area contributed by atoms with Crippen molar-refractivity contribution in [1.82, 2.24) is 0 Å². The van der Waals surface area contributed by atoms with E-state index >= 15 is 0 Å². The van der Waals surface area contributed by atoms with Crippen molar-refractivity contribution in [3.63, 3.8) is 0 Å². The summed E-state index contributed by atoms with van der Waals surface area (Å²) in [6.45, 7) is 0. The van der Waals surface area contributed by atoms with Gasteiger partial charge >= 0.3 is 0 Å². The standard InChI is InChI=1S/C26H11F7/c27-17-10-15-16(11-18(17)28)20(21-22(29)24(31)26(33)25(32)23(21)30)14-9-5-4-8-13(14)19(15)12-6-2-1-3-7-12/h1-11H. The van der Waals surface area contributed by atoms with Crippen molar-refractivity contribution in [2.45, 2.75) is 0 Å². The van der Waals surface area contributed by atoms with Crippen molar-refractivity contribution in [3.8, 4) is 22.3 Å². The third kappa shape index (κ3) is 3.07. The summed E-state index contributed by atoms with van der Waals surface area (Å²) in [5.74, 6) is -13.2. The molecule has 5 aromatic rings. The second kappa shape index (κ2) is 7.62. The Bertz CT molecular complexity index is 1540. The van der Waals surface area contributed by atoms with Crippen molar-refractivity contribution in [1.29, 1.82) is 0 Å². The summed E-state index contributed by atoms with van der Waals surface area (Å²) < 4.78 is 100. The van der Waals surface area contributed by atoms with E-state index in [1.807, 2.05) is 0 Å². The van der Waals surface area contributed by atoms with Crippen LogP contribution in [0.5, 0.6) is 0 Å². The predicted octanol–water partition coefficient (Wildman–Crippen LogP) is 8.30. The molecule has 5 rings (SSSR count). The summed E-state index contributed by atoms with van der Waals surface area (Å²) in [5.41, 5.74) is -0.619. The molecule has 0 radical (unpaired) electrons. The van der Waals surface area contributed by atoms with Crippen LogP contribution in [0.15, 0.2) is 66.7 Å². The fourth-order valence-corrected chi connectivity index (χ4v) is 4.18. The van der Waals surface area contributed by atoms with E-state index in [0.717, 1.165) is 6.07 Å². The Labute approximate surface area is 182 Å². The summed E-state index contributed by atoms with van der Waals surface area (Å²) in [5, 5.41) is 0.326. The van der Waals surface area contributed by atoms with E-state index in [2.05, 4.69) is 0 Å². The number of rotatable bonds is 2. The number of hydrogen-bond acceptors (Lipinski definition) is 0. The highest BCUT2D eigenvalue weighted by Gasteiger charge is 2.30. The van der Waals surface area contributed by atoms with Gasteiger partial charge in [-0.1, -0.05) is 54.6 Å². The molecule has 164 valence electrons. The van der Waals surface area contributed by atoms with E-state index in [1.54, 1.807) is 42.5 Å². The highest BCUT2D eigenvalue weighted by Crippen LogP contribution is 2.46. The van der Waals surface area contributed by atoms with E-state index in [0.29, 0.717) is 22.6 Å². The predicted molar refractivity (Wildman–Crippen MR) is 112 cm³/mol. The number of fused-ring (bicyclic) bond motifs is 2. The highest BCUT2D eigenvalue weighted by molar-refractivity contribution is 6.21. The first kappa shape index (κ1) is 21.0. The van der Waals surface area contributed by atoms with Gasteiger partial charge in [-0.05, 0) is 44.8 Å². The molecule has 0 heterocycles. The van der Waals surface area contributed by atoms with Gasteiger partial charge in [0.15, 0.2) is 34.9 Å². The normalized spacial score (nSPS) is 11.5. The van der Waals surface area contributed by atoms with Crippen LogP contribution in [0, 0.1) is 40.7 Å². The van der Waals surface area contributed by atoms with Crippen molar-refractivity contribution < 1.29 is 30.7 Å². The van der Waals surface area contributed by atoms with Crippen LogP contribution in [0.25, 0.3) is 43.8 Å². The Kier molecular flexibility index (Phi) is 4.85. The SMILES string of the molecule is Fc1cc2c(-c3ccccc3)c3ccccc3c(-c3c(F)c(F)c(F)c(F)c3F)c2cc1F. The maximum Gasteiger partial charge on any atom is 0.200 e. The van der Waals surface area contributed by atoms with Crippen LogP contribution in [0.4, 0.5) is 30.7 Å². The van der Waals surface area contributed by atoms with Crippen LogP contribution in [0.3, 0.4) is 0 Å². The van der Waals surface area contributed by atoms with E-state index in [-0.39, 0.29) is 16.2 Å². The largest absolute Gasteiger partial charge is 0.204 e. The molecule has 0 N–H and O–H groups in total. The lowest BCUT2D eigenvalue weighted by molar-refractivity contribution is 0.381. The second-order valence-corrected chi connectivity index (χ2v) is 7.42. The molecule has 0 saturated carbocycles. The maximum absolute atomic E-state index is 14.9. The average molecular weight is 456 g/mol. The van der Waals surface area contributed by atoms with Crippen LogP contribution < -0.4 is 0 Å². The molecule has 0 saturated heterocycles. The first-order valence-electron chi connectivity index (χ1n) is 9.72. The molecule has 33 heavy (non-hydrogen) atoms. The summed E-state index contributed by atoms with van der Waals surface area (Å²) in [6, 6.07) is 16.3. The molecular weight excluding hydrogens is 445 g/mol. The van der Waals surface area contributed by atoms with E-state index in [9.17, 15) is 30.7 Å². The molecule has 0 aromatic heterocycles. The zero-order chi connectivity index (χ0) is 23.4. The van der Waals surface area contributed by atoms with Gasteiger partial charge in [-0.3, -0.25) is 0 Å². The third-order valence-corrected chi connectivity index (χ3v) is 5.59. The third-order valence-electron chi connectivity index (χ3n) is 5.59. The monoisotopic (exact) mass is 456 g/mol. The van der Waals surface area contributed by atoms with Gasteiger partial charge in [-0.2, -0.15) is 0 Å². The lowest BCUT2D eigenvalue weighted by Crippen LogP contribution is -2.05. The topological polar surface area (TPSA) is 0 Å². The van der Waals surface area contributed by atoms with Crippen molar-refractivity contribution in [3.05, 3.63) is 107 Å². The van der Waals surface area contributed by atoms with Gasteiger partial charge in [0.05, 0.1) is 5.56 Å². The summed E-state index contributed by atoms with van der Waals surface area (Å²) >= 11 is 0. The Morgan fingerprint density at radius 2 is 0.788 bits per heavy atom. The second-order valence-electron chi connectivity index (χ2n) is 7.42. The van der Waals surface area contributed by atoms with Crippen molar-refractivity contribution in [2.75, 3.05) is 0 Å². The smallest absolute Gasteiger partial charge is 0.200 e. The van der Waals surface area contributed by atoms with Crippen molar-refractivity contribution in [2.24, 2.45) is 0 Å². The summed E-state index contributed by atoms with van der Waals surface area (Å²) in [7, 11) is 0. The minimum absolute atomic E-state index is 0.0535. The highest BCUT2D eigenvalue weighted by atomic mass is 19.2. The lowest BCUT2D eigenvalue weighted by Gasteiger charge is -2.19.